The summed E-state index contributed by atoms with van der Waals surface area (Å²) in [5, 5.41) is 11.0. The molecule has 27 heavy (non-hydrogen) atoms. The predicted molar refractivity (Wildman–Crippen MR) is 110 cm³/mol. The molecule has 0 saturated carbocycles. The zero-order valence-electron chi connectivity index (χ0n) is 13.5. The average Bonchev–Trinajstić information content (AvgIpc) is 3.13. The first-order valence-corrected chi connectivity index (χ1v) is 9.37. The SMILES string of the molecule is O=C(O)c1cc(-c2ccc(-c3cccc(Cl)c3Cl)o2)nc2ccc(Br)cc12. The Morgan fingerprint density at radius 1 is 1.04 bits per heavy atom. The molecule has 0 fully saturated rings. The van der Waals surface area contributed by atoms with E-state index in [4.69, 9.17) is 27.6 Å². The molecule has 2 aromatic heterocycles. The molecule has 0 radical (unpaired) electrons. The van der Waals surface area contributed by atoms with Crippen LogP contribution in [0.2, 0.25) is 10.0 Å². The van der Waals surface area contributed by atoms with Crippen LogP contribution < -0.4 is 0 Å². The summed E-state index contributed by atoms with van der Waals surface area (Å²) in [6, 6.07) is 15.5. The van der Waals surface area contributed by atoms with Gasteiger partial charge in [-0.1, -0.05) is 45.2 Å². The fourth-order valence-electron chi connectivity index (χ4n) is 2.82. The first kappa shape index (κ1) is 18.0. The Labute approximate surface area is 172 Å². The average molecular weight is 463 g/mol. The summed E-state index contributed by atoms with van der Waals surface area (Å²) in [7, 11) is 0. The van der Waals surface area contributed by atoms with Crippen LogP contribution >= 0.6 is 39.1 Å². The lowest BCUT2D eigenvalue weighted by atomic mass is 10.1. The highest BCUT2D eigenvalue weighted by Gasteiger charge is 2.17. The normalized spacial score (nSPS) is 11.1. The Hall–Kier alpha value is -2.34. The number of rotatable bonds is 3. The van der Waals surface area contributed by atoms with E-state index in [1.165, 1.54) is 6.07 Å². The number of aromatic carboxylic acids is 1. The number of halogens is 3. The van der Waals surface area contributed by atoms with Crippen molar-refractivity contribution >= 4 is 56.0 Å². The highest BCUT2D eigenvalue weighted by Crippen LogP contribution is 2.36. The number of fused-ring (bicyclic) bond motifs is 1. The zero-order valence-corrected chi connectivity index (χ0v) is 16.6. The Bertz CT molecular complexity index is 1200. The van der Waals surface area contributed by atoms with E-state index in [9.17, 15) is 9.90 Å². The zero-order chi connectivity index (χ0) is 19.1. The van der Waals surface area contributed by atoms with E-state index in [0.29, 0.717) is 43.7 Å². The van der Waals surface area contributed by atoms with Gasteiger partial charge in [0.2, 0.25) is 0 Å². The molecular formula is C20H10BrCl2NO3. The molecule has 4 aromatic rings. The predicted octanol–water partition coefficient (Wildman–Crippen LogP) is 6.93. The van der Waals surface area contributed by atoms with Crippen molar-refractivity contribution in [3.05, 3.63) is 74.7 Å². The van der Waals surface area contributed by atoms with Crippen molar-refractivity contribution in [3.8, 4) is 22.8 Å². The number of carbonyl (C=O) groups is 1. The van der Waals surface area contributed by atoms with Gasteiger partial charge in [0.1, 0.15) is 11.5 Å². The molecule has 4 rings (SSSR count). The molecule has 134 valence electrons. The minimum atomic E-state index is -1.04. The maximum absolute atomic E-state index is 11.7. The standard InChI is InChI=1S/C20H10BrCl2NO3/c21-10-4-5-15-12(8-10)13(20(25)26)9-16(24-15)18-7-6-17(27-18)11-2-1-3-14(22)19(11)23/h1-9H,(H,25,26). The van der Waals surface area contributed by atoms with Gasteiger partial charge in [-0.3, -0.25) is 0 Å². The Morgan fingerprint density at radius 2 is 1.81 bits per heavy atom. The van der Waals surface area contributed by atoms with E-state index in [1.54, 1.807) is 42.5 Å². The molecule has 1 N–H and O–H groups in total. The van der Waals surface area contributed by atoms with E-state index >= 15 is 0 Å². The molecule has 4 nitrogen and oxygen atoms in total. The quantitative estimate of drug-likeness (QED) is 0.358. The molecule has 0 aliphatic rings. The summed E-state index contributed by atoms with van der Waals surface area (Å²) >= 11 is 15.7. The lowest BCUT2D eigenvalue weighted by molar-refractivity contribution is 0.0699. The first-order valence-electron chi connectivity index (χ1n) is 7.82. The summed E-state index contributed by atoms with van der Waals surface area (Å²) in [6.45, 7) is 0. The van der Waals surface area contributed by atoms with Crippen molar-refractivity contribution < 1.29 is 14.3 Å². The number of pyridine rings is 1. The molecule has 0 saturated heterocycles. The fraction of sp³-hybridized carbons (Fsp3) is 0. The number of furan rings is 1. The van der Waals surface area contributed by atoms with Crippen molar-refractivity contribution in [2.24, 2.45) is 0 Å². The lowest BCUT2D eigenvalue weighted by Gasteiger charge is -2.06. The fourth-order valence-corrected chi connectivity index (χ4v) is 3.57. The second-order valence-corrected chi connectivity index (χ2v) is 7.49. The van der Waals surface area contributed by atoms with Crippen LogP contribution in [0.15, 0.2) is 63.5 Å². The molecular weight excluding hydrogens is 453 g/mol. The van der Waals surface area contributed by atoms with Crippen LogP contribution in [0.5, 0.6) is 0 Å². The van der Waals surface area contributed by atoms with Gasteiger partial charge in [0.25, 0.3) is 0 Å². The van der Waals surface area contributed by atoms with E-state index < -0.39 is 5.97 Å². The van der Waals surface area contributed by atoms with Crippen LogP contribution in [0.25, 0.3) is 33.7 Å². The highest BCUT2D eigenvalue weighted by molar-refractivity contribution is 9.10. The molecule has 0 spiro atoms. The van der Waals surface area contributed by atoms with Gasteiger partial charge in [-0.05, 0) is 48.5 Å². The van der Waals surface area contributed by atoms with Gasteiger partial charge >= 0.3 is 5.97 Å². The van der Waals surface area contributed by atoms with E-state index in [1.807, 2.05) is 6.07 Å². The summed E-state index contributed by atoms with van der Waals surface area (Å²) in [4.78, 5) is 16.3. The van der Waals surface area contributed by atoms with Crippen molar-refractivity contribution in [2.75, 3.05) is 0 Å². The number of carboxylic acid groups (broad SMARTS) is 1. The van der Waals surface area contributed by atoms with Gasteiger partial charge in [0.05, 0.1) is 21.1 Å². The Morgan fingerprint density at radius 3 is 2.59 bits per heavy atom. The van der Waals surface area contributed by atoms with Crippen LogP contribution in [0.3, 0.4) is 0 Å². The van der Waals surface area contributed by atoms with Gasteiger partial charge < -0.3 is 9.52 Å². The molecule has 2 aromatic carbocycles. The molecule has 0 atom stereocenters. The third-order valence-corrected chi connectivity index (χ3v) is 5.39. The second-order valence-electron chi connectivity index (χ2n) is 5.79. The maximum Gasteiger partial charge on any atom is 0.336 e. The van der Waals surface area contributed by atoms with Gasteiger partial charge in [0.15, 0.2) is 5.76 Å². The third-order valence-electron chi connectivity index (χ3n) is 4.08. The summed E-state index contributed by atoms with van der Waals surface area (Å²) in [5.41, 5.74) is 1.78. The van der Waals surface area contributed by atoms with Crippen LogP contribution in [-0.2, 0) is 0 Å². The topological polar surface area (TPSA) is 63.3 Å². The molecule has 0 bridgehead atoms. The smallest absolute Gasteiger partial charge is 0.336 e. The number of nitrogens with zero attached hydrogens (tertiary/aromatic N) is 1. The van der Waals surface area contributed by atoms with Crippen LogP contribution in [-0.4, -0.2) is 16.1 Å². The van der Waals surface area contributed by atoms with Crippen LogP contribution in [0, 0.1) is 0 Å². The molecule has 2 heterocycles. The summed E-state index contributed by atoms with van der Waals surface area (Å²) < 4.78 is 6.67. The number of carboxylic acids is 1. The van der Waals surface area contributed by atoms with Gasteiger partial charge in [-0.2, -0.15) is 0 Å². The van der Waals surface area contributed by atoms with Crippen molar-refractivity contribution in [2.45, 2.75) is 0 Å². The van der Waals surface area contributed by atoms with E-state index in [-0.39, 0.29) is 5.56 Å². The van der Waals surface area contributed by atoms with Crippen molar-refractivity contribution in [3.63, 3.8) is 0 Å². The Balaban J connectivity index is 1.86. The number of benzene rings is 2. The van der Waals surface area contributed by atoms with Crippen molar-refractivity contribution in [1.29, 1.82) is 0 Å². The van der Waals surface area contributed by atoms with Gasteiger partial charge in [0, 0.05) is 15.4 Å². The maximum atomic E-state index is 11.7. The summed E-state index contributed by atoms with van der Waals surface area (Å²) in [6.07, 6.45) is 0. The summed E-state index contributed by atoms with van der Waals surface area (Å²) in [5.74, 6) is -0.0770. The Kier molecular flexibility index (Phi) is 4.68. The molecule has 0 unspecified atom stereocenters. The van der Waals surface area contributed by atoms with Crippen molar-refractivity contribution in [1.82, 2.24) is 4.98 Å². The lowest BCUT2D eigenvalue weighted by Crippen LogP contribution is -2.00. The minimum Gasteiger partial charge on any atom is -0.478 e. The molecule has 0 aliphatic carbocycles. The van der Waals surface area contributed by atoms with Crippen LogP contribution in [0.4, 0.5) is 0 Å². The number of hydrogen-bond acceptors (Lipinski definition) is 3. The largest absolute Gasteiger partial charge is 0.478 e. The third kappa shape index (κ3) is 3.34. The second kappa shape index (κ2) is 7.00. The number of aromatic nitrogens is 1. The number of hydrogen-bond donors (Lipinski definition) is 1. The molecule has 7 heteroatoms. The molecule has 0 aliphatic heterocycles. The van der Waals surface area contributed by atoms with Crippen LogP contribution in [0.1, 0.15) is 10.4 Å². The van der Waals surface area contributed by atoms with Gasteiger partial charge in [-0.25, -0.2) is 9.78 Å². The van der Waals surface area contributed by atoms with E-state index in [0.717, 1.165) is 4.47 Å². The highest BCUT2D eigenvalue weighted by atomic mass is 79.9. The first-order chi connectivity index (χ1) is 12.9. The monoisotopic (exact) mass is 461 g/mol. The minimum absolute atomic E-state index is 0.148. The molecule has 0 amide bonds. The van der Waals surface area contributed by atoms with Gasteiger partial charge in [-0.15, -0.1) is 0 Å². The van der Waals surface area contributed by atoms with E-state index in [2.05, 4.69) is 20.9 Å².